The number of benzene rings is 4. The molecule has 0 N–H and O–H groups in total. The molecule has 0 bridgehead atoms. The summed E-state index contributed by atoms with van der Waals surface area (Å²) < 4.78 is 1.07. The molecule has 148 valence electrons. The monoisotopic (exact) mass is 461 g/mol. The minimum absolute atomic E-state index is 0.965. The van der Waals surface area contributed by atoms with E-state index in [1.54, 1.807) is 0 Å². The predicted octanol–water partition coefficient (Wildman–Crippen LogP) is 8.51. The third kappa shape index (κ3) is 4.21. The van der Waals surface area contributed by atoms with Gasteiger partial charge in [-0.1, -0.05) is 119 Å². The van der Waals surface area contributed by atoms with Gasteiger partial charge in [-0.05, 0) is 40.5 Å². The molecule has 0 amide bonds. The standard InChI is InChI=1S/C29H20BrN/c30-27-14-8-7-13-26(27)25-19-28(23-11-5-2-6-12-23)31-29(20-25)24-17-15-22(16-18-24)21-9-3-1-4-10-21/h1-20H. The van der Waals surface area contributed by atoms with Crippen molar-refractivity contribution in [3.63, 3.8) is 0 Å². The number of hydrogen-bond acceptors (Lipinski definition) is 1. The Morgan fingerprint density at radius 3 is 1.48 bits per heavy atom. The smallest absolute Gasteiger partial charge is 0.0715 e. The molecule has 1 nitrogen and oxygen atoms in total. The van der Waals surface area contributed by atoms with Gasteiger partial charge in [0.25, 0.3) is 0 Å². The fourth-order valence-electron chi connectivity index (χ4n) is 3.75. The molecular weight excluding hydrogens is 442 g/mol. The van der Waals surface area contributed by atoms with Gasteiger partial charge < -0.3 is 0 Å². The highest BCUT2D eigenvalue weighted by Crippen LogP contribution is 2.34. The first-order valence-corrected chi connectivity index (χ1v) is 11.1. The Morgan fingerprint density at radius 1 is 0.419 bits per heavy atom. The van der Waals surface area contributed by atoms with Crippen LogP contribution in [0, 0.1) is 0 Å². The SMILES string of the molecule is Brc1ccccc1-c1cc(-c2ccccc2)nc(-c2ccc(-c3ccccc3)cc2)c1. The number of hydrogen-bond donors (Lipinski definition) is 0. The van der Waals surface area contributed by atoms with Gasteiger partial charge in [-0.15, -0.1) is 0 Å². The summed E-state index contributed by atoms with van der Waals surface area (Å²) in [5.41, 5.74) is 8.86. The van der Waals surface area contributed by atoms with Crippen LogP contribution in [0.1, 0.15) is 0 Å². The fourth-order valence-corrected chi connectivity index (χ4v) is 4.26. The van der Waals surface area contributed by atoms with Crippen LogP contribution in [-0.2, 0) is 0 Å². The van der Waals surface area contributed by atoms with Gasteiger partial charge in [0, 0.05) is 15.6 Å². The largest absolute Gasteiger partial charge is 0.248 e. The van der Waals surface area contributed by atoms with Gasteiger partial charge in [0.2, 0.25) is 0 Å². The van der Waals surface area contributed by atoms with Crippen molar-refractivity contribution in [2.75, 3.05) is 0 Å². The minimum atomic E-state index is 0.965. The van der Waals surface area contributed by atoms with Crippen LogP contribution >= 0.6 is 15.9 Å². The molecular formula is C29H20BrN. The van der Waals surface area contributed by atoms with Gasteiger partial charge in [0.05, 0.1) is 11.4 Å². The van der Waals surface area contributed by atoms with E-state index in [-0.39, 0.29) is 0 Å². The molecule has 4 aromatic carbocycles. The van der Waals surface area contributed by atoms with Crippen LogP contribution in [0.2, 0.25) is 0 Å². The molecule has 0 aliphatic carbocycles. The predicted molar refractivity (Wildman–Crippen MR) is 134 cm³/mol. The molecule has 0 aliphatic rings. The molecule has 1 heterocycles. The van der Waals surface area contributed by atoms with E-state index in [0.29, 0.717) is 0 Å². The molecule has 0 atom stereocenters. The maximum atomic E-state index is 5.02. The topological polar surface area (TPSA) is 12.9 Å². The van der Waals surface area contributed by atoms with Crippen LogP contribution in [-0.4, -0.2) is 4.98 Å². The molecule has 31 heavy (non-hydrogen) atoms. The summed E-state index contributed by atoms with van der Waals surface area (Å²) in [6, 6.07) is 42.1. The van der Waals surface area contributed by atoms with Crippen molar-refractivity contribution in [3.05, 3.63) is 126 Å². The highest BCUT2D eigenvalue weighted by Gasteiger charge is 2.11. The summed E-state index contributed by atoms with van der Waals surface area (Å²) in [6.07, 6.45) is 0. The molecule has 0 saturated carbocycles. The third-order valence-corrected chi connectivity index (χ3v) is 6.06. The lowest BCUT2D eigenvalue weighted by Gasteiger charge is -2.12. The van der Waals surface area contributed by atoms with E-state index in [2.05, 4.69) is 119 Å². The molecule has 2 heteroatoms. The van der Waals surface area contributed by atoms with Crippen LogP contribution in [0.15, 0.2) is 126 Å². The number of pyridine rings is 1. The third-order valence-electron chi connectivity index (χ3n) is 5.37. The Morgan fingerprint density at radius 2 is 0.871 bits per heavy atom. The maximum Gasteiger partial charge on any atom is 0.0715 e. The molecule has 1 aromatic heterocycles. The Bertz CT molecular complexity index is 1310. The summed E-state index contributed by atoms with van der Waals surface area (Å²) in [7, 11) is 0. The lowest BCUT2D eigenvalue weighted by Crippen LogP contribution is -1.92. The zero-order valence-corrected chi connectivity index (χ0v) is 18.5. The van der Waals surface area contributed by atoms with Gasteiger partial charge in [-0.3, -0.25) is 0 Å². The van der Waals surface area contributed by atoms with Crippen molar-refractivity contribution in [1.82, 2.24) is 4.98 Å². The fraction of sp³-hybridized carbons (Fsp3) is 0. The van der Waals surface area contributed by atoms with Gasteiger partial charge in [0.1, 0.15) is 0 Å². The number of nitrogens with zero attached hydrogens (tertiary/aromatic N) is 1. The maximum absolute atomic E-state index is 5.02. The highest BCUT2D eigenvalue weighted by atomic mass is 79.9. The van der Waals surface area contributed by atoms with E-state index in [1.165, 1.54) is 11.1 Å². The molecule has 0 unspecified atom stereocenters. The van der Waals surface area contributed by atoms with Gasteiger partial charge in [-0.2, -0.15) is 0 Å². The van der Waals surface area contributed by atoms with Crippen molar-refractivity contribution in [1.29, 1.82) is 0 Å². The Balaban J connectivity index is 1.63. The average molecular weight is 462 g/mol. The lowest BCUT2D eigenvalue weighted by atomic mass is 9.98. The molecule has 5 rings (SSSR count). The second-order valence-corrected chi connectivity index (χ2v) is 8.27. The molecule has 5 aromatic rings. The van der Waals surface area contributed by atoms with E-state index >= 15 is 0 Å². The summed E-state index contributed by atoms with van der Waals surface area (Å²) in [5.74, 6) is 0. The van der Waals surface area contributed by atoms with Crippen molar-refractivity contribution >= 4 is 15.9 Å². The molecule has 0 radical (unpaired) electrons. The van der Waals surface area contributed by atoms with Crippen LogP contribution in [0.3, 0.4) is 0 Å². The van der Waals surface area contributed by atoms with Crippen LogP contribution in [0.5, 0.6) is 0 Å². The Kier molecular flexibility index (Phi) is 5.47. The van der Waals surface area contributed by atoms with Crippen LogP contribution in [0.25, 0.3) is 44.8 Å². The van der Waals surface area contributed by atoms with Crippen molar-refractivity contribution in [2.24, 2.45) is 0 Å². The summed E-state index contributed by atoms with van der Waals surface area (Å²) in [4.78, 5) is 5.02. The zero-order valence-electron chi connectivity index (χ0n) is 16.9. The summed E-state index contributed by atoms with van der Waals surface area (Å²) in [6.45, 7) is 0. The number of aromatic nitrogens is 1. The number of rotatable bonds is 4. The minimum Gasteiger partial charge on any atom is -0.248 e. The van der Waals surface area contributed by atoms with Crippen LogP contribution < -0.4 is 0 Å². The zero-order chi connectivity index (χ0) is 21.0. The van der Waals surface area contributed by atoms with Crippen molar-refractivity contribution < 1.29 is 0 Å². The molecule has 0 spiro atoms. The van der Waals surface area contributed by atoms with Crippen molar-refractivity contribution in [2.45, 2.75) is 0 Å². The summed E-state index contributed by atoms with van der Waals surface area (Å²) >= 11 is 3.71. The summed E-state index contributed by atoms with van der Waals surface area (Å²) in [5, 5.41) is 0. The molecule has 0 aliphatic heterocycles. The van der Waals surface area contributed by atoms with E-state index in [4.69, 9.17) is 4.98 Å². The Labute approximate surface area is 191 Å². The second kappa shape index (κ2) is 8.71. The van der Waals surface area contributed by atoms with Gasteiger partial charge in [-0.25, -0.2) is 4.98 Å². The molecule has 0 fully saturated rings. The Hall–Kier alpha value is -3.49. The van der Waals surface area contributed by atoms with Crippen molar-refractivity contribution in [3.8, 4) is 44.8 Å². The second-order valence-electron chi connectivity index (χ2n) is 7.42. The normalized spacial score (nSPS) is 10.7. The lowest BCUT2D eigenvalue weighted by molar-refractivity contribution is 1.32. The van der Waals surface area contributed by atoms with E-state index in [9.17, 15) is 0 Å². The van der Waals surface area contributed by atoms with E-state index < -0.39 is 0 Å². The first kappa shape index (κ1) is 19.5. The van der Waals surface area contributed by atoms with Gasteiger partial charge >= 0.3 is 0 Å². The van der Waals surface area contributed by atoms with E-state index in [0.717, 1.165) is 38.1 Å². The van der Waals surface area contributed by atoms with E-state index in [1.807, 2.05) is 18.2 Å². The van der Waals surface area contributed by atoms with Crippen LogP contribution in [0.4, 0.5) is 0 Å². The molecule has 0 saturated heterocycles. The highest BCUT2D eigenvalue weighted by molar-refractivity contribution is 9.10. The first-order chi connectivity index (χ1) is 15.3. The number of halogens is 1. The quantitative estimate of drug-likeness (QED) is 0.261. The first-order valence-electron chi connectivity index (χ1n) is 10.3. The average Bonchev–Trinajstić information content (AvgIpc) is 2.85. The van der Waals surface area contributed by atoms with Gasteiger partial charge in [0.15, 0.2) is 0 Å².